The Labute approximate surface area is 179 Å². The molecule has 0 aliphatic heterocycles. The average Bonchev–Trinajstić information content (AvgIpc) is 2.70. The molecule has 0 spiro atoms. The van der Waals surface area contributed by atoms with E-state index in [4.69, 9.17) is 10.2 Å². The zero-order valence-electron chi connectivity index (χ0n) is 17.3. The van der Waals surface area contributed by atoms with Crippen molar-refractivity contribution in [2.75, 3.05) is 38.0 Å². The molecule has 1 aromatic carbocycles. The molecular formula is C20H28N4O7. The van der Waals surface area contributed by atoms with Crippen LogP contribution in [0, 0.1) is 0 Å². The summed E-state index contributed by atoms with van der Waals surface area (Å²) in [5.74, 6) is -4.23. The molecule has 3 amide bonds. The van der Waals surface area contributed by atoms with Crippen molar-refractivity contribution < 1.29 is 34.2 Å². The molecule has 0 fully saturated rings. The third-order valence-electron chi connectivity index (χ3n) is 4.03. The van der Waals surface area contributed by atoms with Gasteiger partial charge in [0.1, 0.15) is 12.8 Å². The molecule has 0 aliphatic rings. The highest BCUT2D eigenvalue weighted by Gasteiger charge is 2.17. The summed E-state index contributed by atoms with van der Waals surface area (Å²) in [5.41, 5.74) is 1.27. The van der Waals surface area contributed by atoms with Crippen LogP contribution in [0.5, 0.6) is 0 Å². The van der Waals surface area contributed by atoms with Crippen molar-refractivity contribution in [2.24, 2.45) is 0 Å². The zero-order chi connectivity index (χ0) is 23.2. The van der Waals surface area contributed by atoms with Crippen molar-refractivity contribution in [3.8, 4) is 0 Å². The Balaban J connectivity index is 2.73. The first-order valence-corrected chi connectivity index (χ1v) is 9.83. The summed E-state index contributed by atoms with van der Waals surface area (Å²) < 4.78 is 0. The molecule has 0 saturated heterocycles. The van der Waals surface area contributed by atoms with Gasteiger partial charge in [0.2, 0.25) is 11.8 Å². The van der Waals surface area contributed by atoms with Crippen molar-refractivity contribution in [3.05, 3.63) is 29.8 Å². The van der Waals surface area contributed by atoms with Gasteiger partial charge in [-0.3, -0.25) is 24.0 Å². The van der Waals surface area contributed by atoms with Crippen LogP contribution in [-0.2, 0) is 19.2 Å². The van der Waals surface area contributed by atoms with Gasteiger partial charge in [0, 0.05) is 44.0 Å². The molecule has 0 unspecified atom stereocenters. The van der Waals surface area contributed by atoms with Gasteiger partial charge in [0.15, 0.2) is 0 Å². The minimum absolute atomic E-state index is 0.0249. The van der Waals surface area contributed by atoms with Crippen molar-refractivity contribution in [3.63, 3.8) is 0 Å². The van der Waals surface area contributed by atoms with E-state index in [9.17, 15) is 24.0 Å². The number of nitrogens with one attached hydrogen (secondary N) is 3. The molecule has 5 N–H and O–H groups in total. The smallest absolute Gasteiger partial charge is 0.312 e. The van der Waals surface area contributed by atoms with Gasteiger partial charge >= 0.3 is 11.9 Å². The third-order valence-corrected chi connectivity index (χ3v) is 4.03. The Morgan fingerprint density at radius 1 is 0.806 bits per heavy atom. The first-order valence-electron chi connectivity index (χ1n) is 9.83. The topological polar surface area (TPSA) is 165 Å². The van der Waals surface area contributed by atoms with E-state index in [1.54, 1.807) is 24.3 Å². The molecule has 1 aromatic rings. The molecule has 170 valence electrons. The lowest BCUT2D eigenvalue weighted by molar-refractivity contribution is -0.142. The van der Waals surface area contributed by atoms with Gasteiger partial charge < -0.3 is 31.1 Å². The van der Waals surface area contributed by atoms with Gasteiger partial charge in [-0.15, -0.1) is 0 Å². The highest BCUT2D eigenvalue weighted by molar-refractivity contribution is 5.95. The van der Waals surface area contributed by atoms with Crippen LogP contribution in [0.25, 0.3) is 0 Å². The number of hydrogen-bond acceptors (Lipinski definition) is 6. The summed E-state index contributed by atoms with van der Waals surface area (Å²) in [6.45, 7) is 3.04. The number of carboxylic acids is 2. The van der Waals surface area contributed by atoms with Crippen molar-refractivity contribution in [1.29, 1.82) is 0 Å². The van der Waals surface area contributed by atoms with Crippen LogP contribution in [0.1, 0.15) is 36.5 Å². The minimum Gasteiger partial charge on any atom is -0.481 e. The number of amides is 3. The summed E-state index contributed by atoms with van der Waals surface area (Å²) in [7, 11) is 0. The molecule has 11 heteroatoms. The number of hydrogen-bond donors (Lipinski definition) is 5. The molecule has 0 aliphatic carbocycles. The van der Waals surface area contributed by atoms with E-state index >= 15 is 0 Å². The summed E-state index contributed by atoms with van der Waals surface area (Å²) >= 11 is 0. The Morgan fingerprint density at radius 2 is 1.29 bits per heavy atom. The Bertz CT molecular complexity index is 746. The second kappa shape index (κ2) is 13.6. The maximum absolute atomic E-state index is 12.9. The lowest BCUT2D eigenvalue weighted by Crippen LogP contribution is -2.43. The summed E-state index contributed by atoms with van der Waals surface area (Å²) in [5, 5.41) is 25.3. The first kappa shape index (κ1) is 25.4. The molecule has 31 heavy (non-hydrogen) atoms. The first-order chi connectivity index (χ1) is 14.7. The molecule has 0 aromatic heterocycles. The summed E-state index contributed by atoms with van der Waals surface area (Å²) in [6, 6.07) is 6.84. The van der Waals surface area contributed by atoms with Crippen molar-refractivity contribution >= 4 is 35.3 Å². The molecule has 0 bridgehead atoms. The van der Waals surface area contributed by atoms with Crippen LogP contribution >= 0.6 is 0 Å². The third kappa shape index (κ3) is 10.6. The molecule has 0 radical (unpaired) electrons. The standard InChI is InChI=1S/C20H28N4O7/c1-2-7-21-15-5-3-14(4-6-15)20(31)24(10-8-22-16(25)12-18(27)28)11-9-23-17(26)13-19(29)30/h3-6,21H,2,7-13H2,1H3,(H,22,25)(H,23,26)(H,27,28)(H,29,30). The van der Waals surface area contributed by atoms with E-state index in [0.29, 0.717) is 5.56 Å². The maximum atomic E-state index is 12.9. The second-order valence-electron chi connectivity index (χ2n) is 6.64. The lowest BCUT2D eigenvalue weighted by atomic mass is 10.1. The number of nitrogens with zero attached hydrogens (tertiary/aromatic N) is 1. The maximum Gasteiger partial charge on any atom is 0.312 e. The Hall–Kier alpha value is -3.63. The molecule has 11 nitrogen and oxygen atoms in total. The van der Waals surface area contributed by atoms with Crippen LogP contribution in [0.2, 0.25) is 0 Å². The fourth-order valence-electron chi connectivity index (χ4n) is 2.56. The van der Waals surface area contributed by atoms with Gasteiger partial charge in [-0.1, -0.05) is 6.92 Å². The van der Waals surface area contributed by atoms with Crippen LogP contribution in [0.15, 0.2) is 24.3 Å². The number of carboxylic acid groups (broad SMARTS) is 2. The van der Waals surface area contributed by atoms with E-state index in [0.717, 1.165) is 18.7 Å². The number of aliphatic carboxylic acids is 2. The van der Waals surface area contributed by atoms with Crippen LogP contribution in [-0.4, -0.2) is 77.5 Å². The molecule has 1 rings (SSSR count). The number of carbonyl (C=O) groups excluding carboxylic acids is 3. The number of anilines is 1. The Morgan fingerprint density at radius 3 is 1.71 bits per heavy atom. The normalized spacial score (nSPS) is 10.1. The van der Waals surface area contributed by atoms with Crippen molar-refractivity contribution in [1.82, 2.24) is 15.5 Å². The largest absolute Gasteiger partial charge is 0.481 e. The highest BCUT2D eigenvalue weighted by Crippen LogP contribution is 2.11. The monoisotopic (exact) mass is 436 g/mol. The van der Waals surface area contributed by atoms with E-state index in [1.165, 1.54) is 4.90 Å². The van der Waals surface area contributed by atoms with E-state index < -0.39 is 36.6 Å². The quantitative estimate of drug-likeness (QED) is 0.257. The fraction of sp³-hybridized carbons (Fsp3) is 0.450. The highest BCUT2D eigenvalue weighted by atomic mass is 16.4. The van der Waals surface area contributed by atoms with Crippen LogP contribution in [0.4, 0.5) is 5.69 Å². The van der Waals surface area contributed by atoms with E-state index in [1.807, 2.05) is 6.92 Å². The van der Waals surface area contributed by atoms with E-state index in [2.05, 4.69) is 16.0 Å². The summed E-state index contributed by atoms with van der Waals surface area (Å²) in [6.07, 6.45) is -0.396. The SMILES string of the molecule is CCCNc1ccc(C(=O)N(CCNC(=O)CC(=O)O)CCNC(=O)CC(=O)O)cc1. The van der Waals surface area contributed by atoms with Gasteiger partial charge in [-0.25, -0.2) is 0 Å². The van der Waals surface area contributed by atoms with Gasteiger partial charge in [-0.2, -0.15) is 0 Å². The predicted molar refractivity (Wildman–Crippen MR) is 112 cm³/mol. The van der Waals surface area contributed by atoms with Crippen molar-refractivity contribution in [2.45, 2.75) is 26.2 Å². The minimum atomic E-state index is -1.26. The molecule has 0 saturated carbocycles. The number of benzene rings is 1. The lowest BCUT2D eigenvalue weighted by Gasteiger charge is -2.23. The second-order valence-corrected chi connectivity index (χ2v) is 6.64. The van der Waals surface area contributed by atoms with Gasteiger partial charge in [0.25, 0.3) is 5.91 Å². The number of carbonyl (C=O) groups is 5. The van der Waals surface area contributed by atoms with Crippen LogP contribution in [0.3, 0.4) is 0 Å². The summed E-state index contributed by atoms with van der Waals surface area (Å²) in [4.78, 5) is 58.4. The van der Waals surface area contributed by atoms with E-state index in [-0.39, 0.29) is 32.1 Å². The number of rotatable bonds is 14. The average molecular weight is 436 g/mol. The molecular weight excluding hydrogens is 408 g/mol. The Kier molecular flexibility index (Phi) is 11.1. The molecule has 0 heterocycles. The van der Waals surface area contributed by atoms with Gasteiger partial charge in [0.05, 0.1) is 0 Å². The van der Waals surface area contributed by atoms with Crippen LogP contribution < -0.4 is 16.0 Å². The predicted octanol–water partition coefficient (Wildman–Crippen LogP) is 0.133. The fourth-order valence-corrected chi connectivity index (χ4v) is 2.56. The zero-order valence-corrected chi connectivity index (χ0v) is 17.3. The van der Waals surface area contributed by atoms with Gasteiger partial charge in [-0.05, 0) is 30.7 Å². The molecule has 0 atom stereocenters.